The van der Waals surface area contributed by atoms with E-state index in [-0.39, 0.29) is 23.2 Å². The van der Waals surface area contributed by atoms with Crippen molar-refractivity contribution in [1.82, 2.24) is 4.98 Å². The first-order valence-corrected chi connectivity index (χ1v) is 8.35. The van der Waals surface area contributed by atoms with Crippen molar-refractivity contribution in [3.8, 4) is 5.75 Å². The predicted molar refractivity (Wildman–Crippen MR) is 85.1 cm³/mol. The second kappa shape index (κ2) is 5.54. The van der Waals surface area contributed by atoms with Crippen LogP contribution in [0.3, 0.4) is 0 Å². The van der Waals surface area contributed by atoms with E-state index >= 15 is 0 Å². The summed E-state index contributed by atoms with van der Waals surface area (Å²) in [6, 6.07) is 9.44. The highest BCUT2D eigenvalue weighted by Gasteiger charge is 2.25. The molecule has 3 rings (SSSR count). The summed E-state index contributed by atoms with van der Waals surface area (Å²) in [5, 5.41) is 0. The van der Waals surface area contributed by atoms with Crippen molar-refractivity contribution < 1.29 is 17.9 Å². The second-order valence-corrected chi connectivity index (χ2v) is 6.82. The van der Waals surface area contributed by atoms with Gasteiger partial charge in [-0.3, -0.25) is 9.52 Å². The normalized spacial score (nSPS) is 14.2. The van der Waals surface area contributed by atoms with Crippen molar-refractivity contribution in [3.05, 3.63) is 42.1 Å². The molecular formula is C15H15N3O4S. The van der Waals surface area contributed by atoms with Gasteiger partial charge in [0.15, 0.2) is 6.61 Å². The summed E-state index contributed by atoms with van der Waals surface area (Å²) in [6.45, 7) is 1.72. The van der Waals surface area contributed by atoms with Crippen LogP contribution in [0.25, 0.3) is 0 Å². The fraction of sp³-hybridized carbons (Fsp3) is 0.200. The number of amides is 1. The summed E-state index contributed by atoms with van der Waals surface area (Å²) in [5.41, 5.74) is 1.12. The van der Waals surface area contributed by atoms with Gasteiger partial charge in [0.2, 0.25) is 0 Å². The molecule has 0 saturated heterocycles. The average molecular weight is 333 g/mol. The van der Waals surface area contributed by atoms with Crippen LogP contribution in [0.5, 0.6) is 5.75 Å². The lowest BCUT2D eigenvalue weighted by Gasteiger charge is -2.26. The first-order chi connectivity index (χ1) is 10.9. The van der Waals surface area contributed by atoms with E-state index in [1.54, 1.807) is 32.2 Å². The van der Waals surface area contributed by atoms with Crippen LogP contribution in [0.4, 0.5) is 11.5 Å². The van der Waals surface area contributed by atoms with Gasteiger partial charge in [-0.1, -0.05) is 6.07 Å². The molecule has 0 radical (unpaired) electrons. The Bertz CT molecular complexity index is 880. The first-order valence-electron chi connectivity index (χ1n) is 6.87. The van der Waals surface area contributed by atoms with E-state index in [4.69, 9.17) is 4.74 Å². The number of fused-ring (bicyclic) bond motifs is 1. The Hall–Kier alpha value is -2.61. The van der Waals surface area contributed by atoms with Crippen molar-refractivity contribution in [3.63, 3.8) is 0 Å². The zero-order chi connectivity index (χ0) is 16.6. The van der Waals surface area contributed by atoms with Gasteiger partial charge < -0.3 is 9.64 Å². The summed E-state index contributed by atoms with van der Waals surface area (Å²) in [7, 11) is -2.23. The fourth-order valence-corrected chi connectivity index (χ4v) is 3.24. The van der Waals surface area contributed by atoms with Crippen LogP contribution in [-0.2, 0) is 14.8 Å². The molecule has 0 saturated carbocycles. The molecule has 1 amide bonds. The number of likely N-dealkylation sites (N-methyl/N-ethyl adjacent to an activating group) is 1. The summed E-state index contributed by atoms with van der Waals surface area (Å²) >= 11 is 0. The molecule has 0 aliphatic carbocycles. The summed E-state index contributed by atoms with van der Waals surface area (Å²) in [5.74, 6) is 0.475. The summed E-state index contributed by atoms with van der Waals surface area (Å²) < 4.78 is 32.7. The Morgan fingerprint density at radius 2 is 2.04 bits per heavy atom. The van der Waals surface area contributed by atoms with E-state index in [0.29, 0.717) is 17.1 Å². The summed E-state index contributed by atoms with van der Waals surface area (Å²) in [6.07, 6.45) is 0. The number of nitrogens with zero attached hydrogens (tertiary/aromatic N) is 2. The average Bonchev–Trinajstić information content (AvgIpc) is 2.50. The third-order valence-corrected chi connectivity index (χ3v) is 4.81. The highest BCUT2D eigenvalue weighted by Crippen LogP contribution is 2.33. The number of anilines is 2. The fourth-order valence-electron chi connectivity index (χ4n) is 2.22. The largest absolute Gasteiger partial charge is 0.482 e. The molecule has 23 heavy (non-hydrogen) atoms. The number of ether oxygens (including phenoxy) is 1. The molecule has 1 aliphatic rings. The quantitative estimate of drug-likeness (QED) is 0.920. The van der Waals surface area contributed by atoms with Crippen LogP contribution in [0.15, 0.2) is 41.3 Å². The van der Waals surface area contributed by atoms with Crippen molar-refractivity contribution in [2.75, 3.05) is 23.3 Å². The van der Waals surface area contributed by atoms with Gasteiger partial charge >= 0.3 is 0 Å². The van der Waals surface area contributed by atoms with Gasteiger partial charge in [0.05, 0.1) is 10.6 Å². The van der Waals surface area contributed by atoms with E-state index in [0.717, 1.165) is 0 Å². The molecule has 1 aromatic heterocycles. The lowest BCUT2D eigenvalue weighted by molar-refractivity contribution is -0.120. The molecule has 0 unspecified atom stereocenters. The number of rotatable bonds is 3. The van der Waals surface area contributed by atoms with E-state index < -0.39 is 10.0 Å². The molecule has 120 valence electrons. The number of hydrogen-bond donors (Lipinski definition) is 1. The van der Waals surface area contributed by atoms with E-state index in [1.807, 2.05) is 0 Å². The van der Waals surface area contributed by atoms with Crippen molar-refractivity contribution in [2.45, 2.75) is 11.8 Å². The number of carbonyl (C=O) groups excluding carboxylic acids is 1. The molecule has 0 spiro atoms. The van der Waals surface area contributed by atoms with Crippen LogP contribution in [0, 0.1) is 6.92 Å². The molecule has 0 atom stereocenters. The Balaban J connectivity index is 1.96. The highest BCUT2D eigenvalue weighted by atomic mass is 32.2. The van der Waals surface area contributed by atoms with Crippen molar-refractivity contribution in [1.29, 1.82) is 0 Å². The van der Waals surface area contributed by atoms with Crippen LogP contribution in [0.1, 0.15) is 5.69 Å². The van der Waals surface area contributed by atoms with Crippen LogP contribution in [-0.4, -0.2) is 33.0 Å². The van der Waals surface area contributed by atoms with E-state index in [1.165, 1.54) is 23.1 Å². The Kier molecular flexibility index (Phi) is 3.69. The van der Waals surface area contributed by atoms with Gasteiger partial charge in [0.25, 0.3) is 15.9 Å². The van der Waals surface area contributed by atoms with Gasteiger partial charge in [0, 0.05) is 12.7 Å². The molecule has 8 heteroatoms. The van der Waals surface area contributed by atoms with Gasteiger partial charge in [-0.15, -0.1) is 0 Å². The number of aromatic nitrogens is 1. The molecular weight excluding hydrogens is 318 g/mol. The Labute approximate surface area is 134 Å². The van der Waals surface area contributed by atoms with Gasteiger partial charge in [-0.2, -0.15) is 0 Å². The third-order valence-electron chi connectivity index (χ3n) is 3.45. The maximum Gasteiger partial charge on any atom is 0.264 e. The lowest BCUT2D eigenvalue weighted by Crippen LogP contribution is -2.35. The lowest BCUT2D eigenvalue weighted by atomic mass is 10.2. The van der Waals surface area contributed by atoms with Crippen molar-refractivity contribution >= 4 is 27.4 Å². The molecule has 1 aromatic carbocycles. The van der Waals surface area contributed by atoms with Crippen LogP contribution < -0.4 is 14.4 Å². The minimum atomic E-state index is -3.81. The van der Waals surface area contributed by atoms with Gasteiger partial charge in [0.1, 0.15) is 11.6 Å². The van der Waals surface area contributed by atoms with E-state index in [9.17, 15) is 13.2 Å². The maximum atomic E-state index is 12.5. The monoisotopic (exact) mass is 333 g/mol. The number of hydrogen-bond acceptors (Lipinski definition) is 5. The Morgan fingerprint density at radius 1 is 1.26 bits per heavy atom. The van der Waals surface area contributed by atoms with Gasteiger partial charge in [-0.05, 0) is 37.3 Å². The molecule has 2 aromatic rings. The number of pyridine rings is 1. The topological polar surface area (TPSA) is 88.6 Å². The minimum Gasteiger partial charge on any atom is -0.482 e. The van der Waals surface area contributed by atoms with Gasteiger partial charge in [-0.25, -0.2) is 13.4 Å². The predicted octanol–water partition coefficient (Wildman–Crippen LogP) is 1.55. The number of benzene rings is 1. The molecule has 0 fully saturated rings. The number of nitrogens with one attached hydrogen (secondary N) is 1. The minimum absolute atomic E-state index is 0.0321. The highest BCUT2D eigenvalue weighted by molar-refractivity contribution is 7.92. The zero-order valence-electron chi connectivity index (χ0n) is 12.6. The Morgan fingerprint density at radius 3 is 2.78 bits per heavy atom. The van der Waals surface area contributed by atoms with Crippen molar-refractivity contribution in [2.24, 2.45) is 0 Å². The molecule has 2 heterocycles. The first kappa shape index (κ1) is 15.3. The molecule has 7 nitrogen and oxygen atoms in total. The third kappa shape index (κ3) is 2.98. The SMILES string of the molecule is Cc1cccc(NS(=O)(=O)c2ccc3c(c2)N(C)C(=O)CO3)n1. The number of sulfonamides is 1. The maximum absolute atomic E-state index is 12.5. The van der Waals surface area contributed by atoms with Crippen LogP contribution in [0.2, 0.25) is 0 Å². The van der Waals surface area contributed by atoms with E-state index in [2.05, 4.69) is 9.71 Å². The molecule has 1 N–H and O–H groups in total. The number of aryl methyl sites for hydroxylation is 1. The second-order valence-electron chi connectivity index (χ2n) is 5.14. The molecule has 1 aliphatic heterocycles. The standard InChI is InChI=1S/C15H15N3O4S/c1-10-4-3-5-14(16-10)17-23(20,21)11-6-7-13-12(8-11)18(2)15(19)9-22-13/h3-8H,9H2,1-2H3,(H,16,17). The zero-order valence-corrected chi connectivity index (χ0v) is 13.4. The number of carbonyl (C=O) groups is 1. The smallest absolute Gasteiger partial charge is 0.264 e. The van der Waals surface area contributed by atoms with Crippen LogP contribution >= 0.6 is 0 Å². The molecule has 0 bridgehead atoms. The summed E-state index contributed by atoms with van der Waals surface area (Å²) in [4.78, 5) is 17.2.